The van der Waals surface area contributed by atoms with Gasteiger partial charge >= 0.3 is 22.5 Å². The number of nitrogens with zero attached hydrogens (tertiary/aromatic N) is 6. The molecule has 385 valence electrons. The van der Waals surface area contributed by atoms with Crippen LogP contribution in [0.3, 0.4) is 0 Å². The van der Waals surface area contributed by atoms with Gasteiger partial charge in [-0.25, -0.2) is 14.8 Å². The lowest BCUT2D eigenvalue weighted by Gasteiger charge is -2.61. The van der Waals surface area contributed by atoms with Crippen molar-refractivity contribution in [1.82, 2.24) is 29.8 Å². The number of likely N-dealkylation sites (N-methyl/N-ethyl adjacent to an activating group) is 1. The third kappa shape index (κ3) is 10.3. The highest BCUT2D eigenvalue weighted by Crippen LogP contribution is 2.48. The molecule has 2 amide bonds. The van der Waals surface area contributed by atoms with Crippen LogP contribution >= 0.6 is 11.3 Å². The number of methoxy groups -OCH3 is 1. The van der Waals surface area contributed by atoms with E-state index in [2.05, 4.69) is 82.9 Å². The van der Waals surface area contributed by atoms with Crippen molar-refractivity contribution >= 4 is 50.4 Å². The average molecular weight is 1030 g/mol. The summed E-state index contributed by atoms with van der Waals surface area (Å²) >= 11 is 1.25. The second-order valence-electron chi connectivity index (χ2n) is 21.3. The zero-order valence-electron chi connectivity index (χ0n) is 42.4. The predicted molar refractivity (Wildman–Crippen MR) is 267 cm³/mol. The highest BCUT2D eigenvalue weighted by molar-refractivity contribution is 7.10. The summed E-state index contributed by atoms with van der Waals surface area (Å²) in [6.45, 7) is 16.2. The van der Waals surface area contributed by atoms with Crippen LogP contribution in [0.2, 0.25) is 0 Å². The minimum atomic E-state index is -4.45. The Kier molecular flexibility index (Phi) is 14.9. The number of benzene rings is 1. The maximum Gasteiger partial charge on any atom is 0.479 e. The van der Waals surface area contributed by atoms with E-state index in [0.29, 0.717) is 56.3 Å². The molecule has 4 aromatic rings. The van der Waals surface area contributed by atoms with Gasteiger partial charge in [-0.2, -0.15) is 13.2 Å². The number of fused-ring (bicyclic) bond motifs is 4. The van der Waals surface area contributed by atoms with Gasteiger partial charge in [0.1, 0.15) is 12.1 Å². The van der Waals surface area contributed by atoms with E-state index in [-0.39, 0.29) is 53.7 Å². The summed E-state index contributed by atoms with van der Waals surface area (Å²) in [5.74, 6) is 4.15. The molecule has 1 aliphatic carbocycles. The Labute approximate surface area is 427 Å². The SMILES string of the molecule is CCn1c(-c2cc(C#C[C@@H](C)N3CCOCC3)cnc2[C@H](C)OC)c2c3cc(ccc31)-c1csc(n1)[C@@H](CCCC(F)(F)F)[C@H](NC(=O)[C@H]1OC[C@@H]1C)C(=O)N1C3CC(C3)[C@@H](C(=O)OCC(C)(C)C2)[N+]1(C)[Si]. The number of ether oxygens (including phenoxy) is 4. The summed E-state index contributed by atoms with van der Waals surface area (Å²) in [4.78, 5) is 56.6. The minimum absolute atomic E-state index is 0.00397. The van der Waals surface area contributed by atoms with Gasteiger partial charge < -0.3 is 28.8 Å². The third-order valence-electron chi connectivity index (χ3n) is 15.5. The predicted octanol–water partition coefficient (Wildman–Crippen LogP) is 7.52. The Morgan fingerprint density at radius 1 is 1.15 bits per heavy atom. The van der Waals surface area contributed by atoms with Gasteiger partial charge in [0.05, 0.1) is 73.8 Å². The number of thiazole rings is 1. The number of aromatic nitrogens is 3. The molecule has 14 nitrogen and oxygen atoms in total. The fourth-order valence-corrected chi connectivity index (χ4v) is 13.0. The zero-order chi connectivity index (χ0) is 51.4. The summed E-state index contributed by atoms with van der Waals surface area (Å²) in [6.07, 6.45) is -3.84. The lowest BCUT2D eigenvalue weighted by molar-refractivity contribution is -0.945. The summed E-state index contributed by atoms with van der Waals surface area (Å²) in [7, 11) is 7.26. The highest BCUT2D eigenvalue weighted by atomic mass is 32.1. The maximum atomic E-state index is 15.4. The van der Waals surface area contributed by atoms with Crippen LogP contribution in [-0.2, 0) is 46.3 Å². The first-order valence-corrected chi connectivity index (χ1v) is 26.6. The number of rotatable bonds is 10. The number of carbonyl (C=O) groups is 3. The standard InChI is InChI=1S/C53H66F3N7O7SSi/c1-9-61-42-15-14-34-24-38(42)40(45(61)39-21-33(26-57-43(39)32(4)67-8)13-12-31(3)60-17-19-68-20-18-60)25-52(5,6)29-70-51(66)46-35-22-36(23-35)62(63(46,7)72)50(65)44(59-48(64)47-30(2)27-69-47)37(11-10-16-53(54,55)56)49-58-41(34)28-71-49/h14-15,21,24,26,28,30-32,35-37,44,46-47H,9-11,16-20,22-23,25,27,29H2,1-8H3,(H,59,64)/q+1/t30-,31+,32-,35?,36?,37-,44-,46-,47-,63?/m0/s1. The van der Waals surface area contributed by atoms with Crippen molar-refractivity contribution < 1.29 is 50.8 Å². The van der Waals surface area contributed by atoms with E-state index in [1.807, 2.05) is 25.3 Å². The van der Waals surface area contributed by atoms with Gasteiger partial charge in [-0.05, 0) is 76.6 Å². The molecule has 3 aromatic heterocycles. The fourth-order valence-electron chi connectivity index (χ4n) is 11.4. The van der Waals surface area contributed by atoms with Gasteiger partial charge in [0.2, 0.25) is 5.91 Å². The molecule has 19 heteroatoms. The lowest BCUT2D eigenvalue weighted by atomic mass is 9.72. The van der Waals surface area contributed by atoms with Crippen LogP contribution < -0.4 is 5.32 Å². The zero-order valence-corrected chi connectivity index (χ0v) is 44.3. The van der Waals surface area contributed by atoms with Crippen molar-refractivity contribution in [2.45, 2.75) is 135 Å². The van der Waals surface area contributed by atoms with Gasteiger partial charge in [0, 0.05) is 95.5 Å². The largest absolute Gasteiger partial charge is 0.479 e. The first kappa shape index (κ1) is 52.2. The van der Waals surface area contributed by atoms with E-state index in [1.165, 1.54) is 11.3 Å². The molecule has 10 rings (SSSR count). The summed E-state index contributed by atoms with van der Waals surface area (Å²) in [6, 6.07) is 5.77. The number of hydrogen-bond donors (Lipinski definition) is 1. The lowest BCUT2D eigenvalue weighted by Crippen LogP contribution is -2.80. The number of morpholine rings is 1. The van der Waals surface area contributed by atoms with Crippen molar-refractivity contribution in [2.75, 3.05) is 53.7 Å². The smallest absolute Gasteiger partial charge is 0.461 e. The summed E-state index contributed by atoms with van der Waals surface area (Å²) < 4.78 is 67.2. The van der Waals surface area contributed by atoms with E-state index in [9.17, 15) is 22.8 Å². The fraction of sp³-hybridized carbons (Fsp3) is 0.604. The number of quaternary nitrogens is 1. The number of carbonyl (C=O) groups excluding carboxylic acids is 3. The summed E-state index contributed by atoms with van der Waals surface area (Å²) in [5.41, 5.74) is 5.98. The minimum Gasteiger partial charge on any atom is -0.461 e. The molecule has 8 bridgehead atoms. The quantitative estimate of drug-likeness (QED) is 0.0966. The van der Waals surface area contributed by atoms with Crippen LogP contribution in [-0.4, -0.2) is 147 Å². The van der Waals surface area contributed by atoms with Crippen LogP contribution in [0, 0.1) is 29.1 Å². The van der Waals surface area contributed by atoms with Crippen molar-refractivity contribution in [1.29, 1.82) is 0 Å². The van der Waals surface area contributed by atoms with Crippen molar-refractivity contribution in [3.05, 3.63) is 57.7 Å². The second-order valence-corrected chi connectivity index (χ2v) is 23.1. The molecule has 72 heavy (non-hydrogen) atoms. The third-order valence-corrected chi connectivity index (χ3v) is 16.9. The number of pyridine rings is 1. The molecule has 8 atom stereocenters. The van der Waals surface area contributed by atoms with Crippen LogP contribution in [0.25, 0.3) is 33.4 Å². The molecule has 6 aliphatic rings. The summed E-state index contributed by atoms with van der Waals surface area (Å²) in [5, 5.41) is 7.77. The molecular weight excluding hydrogens is 964 g/mol. The van der Waals surface area contributed by atoms with E-state index >= 15 is 4.79 Å². The normalized spacial score (nSPS) is 28.4. The Balaban J connectivity index is 1.21. The first-order valence-electron chi connectivity index (χ1n) is 25.3. The maximum absolute atomic E-state index is 15.4. The number of cyclic esters (lactones) is 1. The van der Waals surface area contributed by atoms with Gasteiger partial charge in [-0.1, -0.05) is 38.7 Å². The van der Waals surface area contributed by atoms with Gasteiger partial charge in [0.25, 0.3) is 5.91 Å². The van der Waals surface area contributed by atoms with Crippen LogP contribution in [0.15, 0.2) is 35.8 Å². The Hall–Kier alpha value is -4.68. The van der Waals surface area contributed by atoms with Crippen molar-refractivity contribution in [3.8, 4) is 34.4 Å². The molecule has 1 unspecified atom stereocenters. The second kappa shape index (κ2) is 20.6. The molecule has 5 aliphatic heterocycles. The Morgan fingerprint density at radius 3 is 2.57 bits per heavy atom. The number of esters is 1. The van der Waals surface area contributed by atoms with Gasteiger partial charge in [-0.3, -0.25) is 23.7 Å². The number of nitrogens with one attached hydrogen (secondary N) is 1. The topological polar surface area (TPSA) is 137 Å². The molecule has 3 radical (unpaired) electrons. The Bertz CT molecular complexity index is 2760. The molecular formula is C53H66F3N7O7SSi+. The van der Waals surface area contributed by atoms with Gasteiger partial charge in [0.15, 0.2) is 6.04 Å². The number of aryl methyl sites for hydroxylation is 1. The van der Waals surface area contributed by atoms with Crippen LogP contribution in [0.5, 0.6) is 0 Å². The number of amides is 2. The number of halogens is 3. The van der Waals surface area contributed by atoms with E-state index in [1.54, 1.807) is 25.4 Å². The molecule has 1 N–H and O–H groups in total. The van der Waals surface area contributed by atoms with Crippen LogP contribution in [0.4, 0.5) is 13.2 Å². The highest BCUT2D eigenvalue weighted by Gasteiger charge is 2.63. The number of alkyl halides is 3. The monoisotopic (exact) mass is 1030 g/mol. The molecule has 5 fully saturated rings. The van der Waals surface area contributed by atoms with Crippen molar-refractivity contribution in [2.24, 2.45) is 17.3 Å². The van der Waals surface area contributed by atoms with Gasteiger partial charge in [-0.15, -0.1) is 11.3 Å². The van der Waals surface area contributed by atoms with E-state index in [4.69, 9.17) is 28.9 Å². The molecule has 4 saturated heterocycles. The average Bonchev–Trinajstić information content (AvgIpc) is 3.93. The van der Waals surface area contributed by atoms with Crippen molar-refractivity contribution in [3.63, 3.8) is 0 Å². The Morgan fingerprint density at radius 2 is 1.90 bits per heavy atom. The number of hydrogen-bond acceptors (Lipinski definition) is 11. The molecule has 1 aromatic carbocycles. The van der Waals surface area contributed by atoms with Crippen LogP contribution in [0.1, 0.15) is 107 Å². The first-order chi connectivity index (χ1) is 34.2. The molecule has 0 spiro atoms. The van der Waals surface area contributed by atoms with E-state index in [0.717, 1.165) is 57.6 Å². The van der Waals surface area contributed by atoms with E-state index < -0.39 is 59.9 Å². The molecule has 1 saturated carbocycles. The molecule has 8 heterocycles.